The van der Waals surface area contributed by atoms with Gasteiger partial charge in [-0.15, -0.1) is 0 Å². The largest absolute Gasteiger partial charge is 0.423 e. The number of alkyl halides is 3. The lowest BCUT2D eigenvalue weighted by Crippen LogP contribution is -2.28. The molecule has 1 N–H and O–H groups in total. The Morgan fingerprint density at radius 1 is 1.40 bits per heavy atom. The number of hydrogen-bond acceptors (Lipinski definition) is 3. The second kappa shape index (κ2) is 6.69. The van der Waals surface area contributed by atoms with E-state index in [0.29, 0.717) is 12.0 Å². The second-order valence-electron chi connectivity index (χ2n) is 4.67. The quantitative estimate of drug-likeness (QED) is 0.644. The molecule has 1 unspecified atom stereocenters. The molecule has 20 heavy (non-hydrogen) atoms. The maximum Gasteiger partial charge on any atom is 0.423 e. The van der Waals surface area contributed by atoms with Gasteiger partial charge in [-0.1, -0.05) is 13.0 Å². The zero-order valence-corrected chi connectivity index (χ0v) is 11.3. The van der Waals surface area contributed by atoms with Crippen LogP contribution in [-0.2, 0) is 12.6 Å². The molecular weight excluding hydrogens is 273 g/mol. The maximum atomic E-state index is 12.8. The molecule has 1 aromatic carbocycles. The number of nitrogens with zero attached hydrogens (tertiary/aromatic N) is 1. The minimum absolute atomic E-state index is 0.0116. The van der Waals surface area contributed by atoms with Crippen molar-refractivity contribution in [1.82, 2.24) is 5.32 Å². The van der Waals surface area contributed by atoms with Crippen LogP contribution in [0.3, 0.4) is 0 Å². The van der Waals surface area contributed by atoms with E-state index < -0.39 is 22.4 Å². The standard InChI is InChI=1S/C13H17F3N2O2/c1-3-6-17-9(2)7-10-4-5-12(18(19)20)11(8-10)13(14,15)16/h4-5,8-9,17H,3,6-7H2,1-2H3. The summed E-state index contributed by atoms with van der Waals surface area (Å²) in [5, 5.41) is 13.8. The minimum atomic E-state index is -4.72. The third kappa shape index (κ3) is 4.48. The minimum Gasteiger partial charge on any atom is -0.314 e. The van der Waals surface area contributed by atoms with Crippen molar-refractivity contribution < 1.29 is 18.1 Å². The van der Waals surface area contributed by atoms with Crippen LogP contribution in [0, 0.1) is 10.1 Å². The van der Waals surface area contributed by atoms with Gasteiger partial charge in [0.05, 0.1) is 4.92 Å². The lowest BCUT2D eigenvalue weighted by molar-refractivity contribution is -0.388. The van der Waals surface area contributed by atoms with Gasteiger partial charge in [0.2, 0.25) is 0 Å². The fourth-order valence-electron chi connectivity index (χ4n) is 1.91. The summed E-state index contributed by atoms with van der Waals surface area (Å²) < 4.78 is 38.4. The number of nitro benzene ring substituents is 1. The highest BCUT2D eigenvalue weighted by molar-refractivity contribution is 5.44. The lowest BCUT2D eigenvalue weighted by Gasteiger charge is -2.14. The van der Waals surface area contributed by atoms with Gasteiger partial charge in [0, 0.05) is 12.1 Å². The van der Waals surface area contributed by atoms with E-state index in [0.717, 1.165) is 25.1 Å². The first-order chi connectivity index (χ1) is 9.25. The van der Waals surface area contributed by atoms with Crippen molar-refractivity contribution in [2.75, 3.05) is 6.54 Å². The summed E-state index contributed by atoms with van der Waals surface area (Å²) in [6.07, 6.45) is -3.40. The number of nitro groups is 1. The molecule has 0 saturated heterocycles. The predicted molar refractivity (Wildman–Crippen MR) is 69.6 cm³/mol. The van der Waals surface area contributed by atoms with Gasteiger partial charge in [0.1, 0.15) is 5.56 Å². The van der Waals surface area contributed by atoms with Crippen LogP contribution < -0.4 is 5.32 Å². The van der Waals surface area contributed by atoms with E-state index in [-0.39, 0.29) is 6.04 Å². The van der Waals surface area contributed by atoms with E-state index in [9.17, 15) is 23.3 Å². The molecule has 1 aromatic rings. The Kier molecular flexibility index (Phi) is 5.50. The summed E-state index contributed by atoms with van der Waals surface area (Å²) in [5.74, 6) is 0. The zero-order valence-electron chi connectivity index (χ0n) is 11.3. The summed E-state index contributed by atoms with van der Waals surface area (Å²) in [6.45, 7) is 4.64. The second-order valence-corrected chi connectivity index (χ2v) is 4.67. The Morgan fingerprint density at radius 2 is 2.05 bits per heavy atom. The molecule has 1 atom stereocenters. The Balaban J connectivity index is 2.98. The van der Waals surface area contributed by atoms with Crippen LogP contribution in [0.5, 0.6) is 0 Å². The molecule has 0 spiro atoms. The normalized spacial score (nSPS) is 13.2. The fourth-order valence-corrected chi connectivity index (χ4v) is 1.91. The van der Waals surface area contributed by atoms with Crippen LogP contribution in [0.1, 0.15) is 31.4 Å². The van der Waals surface area contributed by atoms with Gasteiger partial charge in [-0.3, -0.25) is 10.1 Å². The van der Waals surface area contributed by atoms with Crippen LogP contribution in [0.2, 0.25) is 0 Å². The molecule has 0 fully saturated rings. The molecule has 112 valence electrons. The van der Waals surface area contributed by atoms with E-state index >= 15 is 0 Å². The molecule has 0 amide bonds. The van der Waals surface area contributed by atoms with E-state index in [1.165, 1.54) is 6.07 Å². The third-order valence-corrected chi connectivity index (χ3v) is 2.85. The lowest BCUT2D eigenvalue weighted by atomic mass is 10.0. The van der Waals surface area contributed by atoms with Crippen molar-refractivity contribution in [1.29, 1.82) is 0 Å². The van der Waals surface area contributed by atoms with Gasteiger partial charge in [0.25, 0.3) is 5.69 Å². The molecular formula is C13H17F3N2O2. The summed E-state index contributed by atoms with van der Waals surface area (Å²) >= 11 is 0. The molecule has 1 rings (SSSR count). The van der Waals surface area contributed by atoms with Crippen LogP contribution >= 0.6 is 0 Å². The van der Waals surface area contributed by atoms with Crippen molar-refractivity contribution in [3.8, 4) is 0 Å². The molecule has 0 heterocycles. The SMILES string of the molecule is CCCNC(C)Cc1ccc([N+](=O)[O-])c(C(F)(F)F)c1. The van der Waals surface area contributed by atoms with E-state index in [4.69, 9.17) is 0 Å². The Labute approximate surface area is 115 Å². The zero-order chi connectivity index (χ0) is 15.3. The monoisotopic (exact) mass is 290 g/mol. The summed E-state index contributed by atoms with van der Waals surface area (Å²) in [4.78, 5) is 9.63. The number of halogens is 3. The van der Waals surface area contributed by atoms with Gasteiger partial charge in [-0.05, 0) is 37.9 Å². The molecule has 0 aliphatic carbocycles. The average molecular weight is 290 g/mol. The van der Waals surface area contributed by atoms with Gasteiger partial charge in [0.15, 0.2) is 0 Å². The summed E-state index contributed by atoms with van der Waals surface area (Å²) in [7, 11) is 0. The van der Waals surface area contributed by atoms with E-state index in [1.807, 2.05) is 13.8 Å². The Bertz CT molecular complexity index is 475. The third-order valence-electron chi connectivity index (χ3n) is 2.85. The first kappa shape index (κ1) is 16.4. The maximum absolute atomic E-state index is 12.8. The Morgan fingerprint density at radius 3 is 2.55 bits per heavy atom. The smallest absolute Gasteiger partial charge is 0.314 e. The first-order valence-electron chi connectivity index (χ1n) is 6.33. The van der Waals surface area contributed by atoms with Crippen molar-refractivity contribution in [2.45, 2.75) is 38.9 Å². The Hall–Kier alpha value is -1.63. The van der Waals surface area contributed by atoms with Crippen molar-refractivity contribution in [3.63, 3.8) is 0 Å². The van der Waals surface area contributed by atoms with Crippen molar-refractivity contribution in [2.24, 2.45) is 0 Å². The van der Waals surface area contributed by atoms with Crippen LogP contribution in [-0.4, -0.2) is 17.5 Å². The highest BCUT2D eigenvalue weighted by Crippen LogP contribution is 2.36. The first-order valence-corrected chi connectivity index (χ1v) is 6.33. The molecule has 0 saturated carbocycles. The summed E-state index contributed by atoms with van der Waals surface area (Å²) in [5.41, 5.74) is -1.67. The molecule has 0 aliphatic heterocycles. The molecule has 0 radical (unpaired) electrons. The van der Waals surface area contributed by atoms with E-state index in [1.54, 1.807) is 0 Å². The number of rotatable bonds is 6. The van der Waals surface area contributed by atoms with Crippen LogP contribution in [0.15, 0.2) is 18.2 Å². The summed E-state index contributed by atoms with van der Waals surface area (Å²) in [6, 6.07) is 3.17. The molecule has 0 bridgehead atoms. The number of benzene rings is 1. The van der Waals surface area contributed by atoms with Crippen molar-refractivity contribution in [3.05, 3.63) is 39.4 Å². The molecule has 4 nitrogen and oxygen atoms in total. The van der Waals surface area contributed by atoms with Gasteiger partial charge < -0.3 is 5.32 Å². The van der Waals surface area contributed by atoms with E-state index in [2.05, 4.69) is 5.32 Å². The van der Waals surface area contributed by atoms with Gasteiger partial charge in [-0.2, -0.15) is 13.2 Å². The topological polar surface area (TPSA) is 55.2 Å². The molecule has 7 heteroatoms. The van der Waals surface area contributed by atoms with Crippen LogP contribution in [0.25, 0.3) is 0 Å². The van der Waals surface area contributed by atoms with Crippen LogP contribution in [0.4, 0.5) is 18.9 Å². The predicted octanol–water partition coefficient (Wildman–Crippen LogP) is 3.54. The van der Waals surface area contributed by atoms with Crippen molar-refractivity contribution >= 4 is 5.69 Å². The fraction of sp³-hybridized carbons (Fsp3) is 0.538. The average Bonchev–Trinajstić information content (AvgIpc) is 2.35. The number of nitrogens with one attached hydrogen (secondary N) is 1. The highest BCUT2D eigenvalue weighted by atomic mass is 19.4. The number of hydrogen-bond donors (Lipinski definition) is 1. The molecule has 0 aromatic heterocycles. The van der Waals surface area contributed by atoms with Gasteiger partial charge >= 0.3 is 6.18 Å². The highest BCUT2D eigenvalue weighted by Gasteiger charge is 2.38. The molecule has 0 aliphatic rings. The van der Waals surface area contributed by atoms with Gasteiger partial charge in [-0.25, -0.2) is 0 Å².